The summed E-state index contributed by atoms with van der Waals surface area (Å²) in [5.74, 6) is 0. The molecule has 0 unspecified atom stereocenters. The van der Waals surface area contributed by atoms with Gasteiger partial charge in [-0.3, -0.25) is 9.98 Å². The fourth-order valence-electron chi connectivity index (χ4n) is 2.95. The SMILES string of the molecule is C1CCC(=NCCNCCN=C2CCCCC2)CC1. The van der Waals surface area contributed by atoms with E-state index in [0.29, 0.717) is 0 Å². The predicted octanol–water partition coefficient (Wildman–Crippen LogP) is 3.39. The lowest BCUT2D eigenvalue weighted by Crippen LogP contribution is -2.22. The van der Waals surface area contributed by atoms with Gasteiger partial charge >= 0.3 is 0 Å². The molecule has 2 aliphatic rings. The van der Waals surface area contributed by atoms with Crippen LogP contribution in [0.4, 0.5) is 0 Å². The second-order valence-corrected chi connectivity index (χ2v) is 5.77. The molecular formula is C16H29N3. The number of nitrogens with zero attached hydrogens (tertiary/aromatic N) is 2. The van der Waals surface area contributed by atoms with Crippen LogP contribution in [0.3, 0.4) is 0 Å². The first-order valence-electron chi connectivity index (χ1n) is 8.20. The van der Waals surface area contributed by atoms with Crippen molar-refractivity contribution in [1.82, 2.24) is 5.32 Å². The van der Waals surface area contributed by atoms with Gasteiger partial charge in [0.25, 0.3) is 0 Å². The average molecular weight is 263 g/mol. The molecule has 0 saturated heterocycles. The van der Waals surface area contributed by atoms with E-state index in [1.807, 2.05) is 0 Å². The first kappa shape index (κ1) is 14.7. The second kappa shape index (κ2) is 9.24. The van der Waals surface area contributed by atoms with Crippen molar-refractivity contribution in [1.29, 1.82) is 0 Å². The zero-order valence-electron chi connectivity index (χ0n) is 12.3. The second-order valence-electron chi connectivity index (χ2n) is 5.77. The topological polar surface area (TPSA) is 36.8 Å². The fourth-order valence-corrected chi connectivity index (χ4v) is 2.95. The van der Waals surface area contributed by atoms with Crippen molar-refractivity contribution in [3.05, 3.63) is 0 Å². The van der Waals surface area contributed by atoms with Crippen LogP contribution in [-0.4, -0.2) is 37.6 Å². The Labute approximate surface area is 118 Å². The molecule has 2 rings (SSSR count). The largest absolute Gasteiger partial charge is 0.313 e. The molecule has 1 N–H and O–H groups in total. The summed E-state index contributed by atoms with van der Waals surface area (Å²) in [5, 5.41) is 3.45. The molecule has 0 aromatic rings. The van der Waals surface area contributed by atoms with Crippen LogP contribution >= 0.6 is 0 Å². The summed E-state index contributed by atoms with van der Waals surface area (Å²) >= 11 is 0. The average Bonchev–Trinajstić information content (AvgIpc) is 2.48. The third-order valence-corrected chi connectivity index (χ3v) is 4.11. The number of aliphatic imine (C=N–C) groups is 2. The van der Waals surface area contributed by atoms with Crippen LogP contribution in [0, 0.1) is 0 Å². The zero-order valence-corrected chi connectivity index (χ0v) is 12.3. The summed E-state index contributed by atoms with van der Waals surface area (Å²) < 4.78 is 0. The Bertz CT molecular complexity index is 261. The van der Waals surface area contributed by atoms with Gasteiger partial charge in [-0.15, -0.1) is 0 Å². The van der Waals surface area contributed by atoms with Gasteiger partial charge in [-0.1, -0.05) is 12.8 Å². The first-order valence-corrected chi connectivity index (χ1v) is 8.20. The number of hydrogen-bond donors (Lipinski definition) is 1. The van der Waals surface area contributed by atoms with Crippen molar-refractivity contribution >= 4 is 11.4 Å². The van der Waals surface area contributed by atoms with Gasteiger partial charge in [-0.2, -0.15) is 0 Å². The van der Waals surface area contributed by atoms with Crippen molar-refractivity contribution in [3.63, 3.8) is 0 Å². The van der Waals surface area contributed by atoms with Gasteiger partial charge in [0.05, 0.1) is 13.1 Å². The Morgan fingerprint density at radius 2 is 1.05 bits per heavy atom. The minimum Gasteiger partial charge on any atom is -0.313 e. The van der Waals surface area contributed by atoms with Gasteiger partial charge in [0.1, 0.15) is 0 Å². The molecule has 2 fully saturated rings. The quantitative estimate of drug-likeness (QED) is 0.733. The smallest absolute Gasteiger partial charge is 0.0513 e. The summed E-state index contributed by atoms with van der Waals surface area (Å²) in [6, 6.07) is 0. The highest BCUT2D eigenvalue weighted by Gasteiger charge is 2.06. The molecule has 19 heavy (non-hydrogen) atoms. The Hall–Kier alpha value is -0.700. The van der Waals surface area contributed by atoms with E-state index >= 15 is 0 Å². The Morgan fingerprint density at radius 1 is 0.632 bits per heavy atom. The molecule has 0 radical (unpaired) electrons. The minimum atomic E-state index is 0.950. The summed E-state index contributed by atoms with van der Waals surface area (Å²) in [7, 11) is 0. The van der Waals surface area contributed by atoms with Crippen LogP contribution in [0.5, 0.6) is 0 Å². The van der Waals surface area contributed by atoms with Crippen LogP contribution in [-0.2, 0) is 0 Å². The van der Waals surface area contributed by atoms with Gasteiger partial charge in [-0.05, 0) is 51.4 Å². The Kier molecular flexibility index (Phi) is 7.15. The monoisotopic (exact) mass is 263 g/mol. The van der Waals surface area contributed by atoms with Gasteiger partial charge in [0.15, 0.2) is 0 Å². The number of hydrogen-bond acceptors (Lipinski definition) is 3. The summed E-state index contributed by atoms with van der Waals surface area (Å²) in [5.41, 5.74) is 2.91. The molecule has 3 nitrogen and oxygen atoms in total. The standard InChI is InChI=1S/C16H29N3/c1-3-7-15(8-4-1)18-13-11-17-12-14-19-16-9-5-2-6-10-16/h17H,1-14H2. The van der Waals surface area contributed by atoms with Crippen molar-refractivity contribution in [2.24, 2.45) is 9.98 Å². The number of rotatable bonds is 6. The summed E-state index contributed by atoms with van der Waals surface area (Å²) in [6.45, 7) is 3.92. The molecule has 0 bridgehead atoms. The third kappa shape index (κ3) is 6.33. The van der Waals surface area contributed by atoms with Gasteiger partial charge < -0.3 is 5.32 Å². The molecule has 0 spiro atoms. The zero-order chi connectivity index (χ0) is 13.2. The first-order chi connectivity index (χ1) is 9.45. The Morgan fingerprint density at radius 3 is 1.47 bits per heavy atom. The highest BCUT2D eigenvalue weighted by Crippen LogP contribution is 2.15. The molecule has 0 aromatic carbocycles. The normalized spacial score (nSPS) is 20.4. The van der Waals surface area contributed by atoms with Crippen molar-refractivity contribution in [3.8, 4) is 0 Å². The van der Waals surface area contributed by atoms with E-state index in [0.717, 1.165) is 26.2 Å². The van der Waals surface area contributed by atoms with Crippen molar-refractivity contribution in [2.75, 3.05) is 26.2 Å². The molecule has 3 heteroatoms. The van der Waals surface area contributed by atoms with E-state index in [1.54, 1.807) is 0 Å². The molecule has 2 saturated carbocycles. The van der Waals surface area contributed by atoms with E-state index in [-0.39, 0.29) is 0 Å². The van der Waals surface area contributed by atoms with E-state index in [1.165, 1.54) is 75.6 Å². The molecule has 0 heterocycles. The maximum Gasteiger partial charge on any atom is 0.0513 e. The van der Waals surface area contributed by atoms with E-state index in [4.69, 9.17) is 0 Å². The van der Waals surface area contributed by atoms with E-state index < -0.39 is 0 Å². The van der Waals surface area contributed by atoms with Gasteiger partial charge in [0, 0.05) is 24.5 Å². The highest BCUT2D eigenvalue weighted by molar-refractivity contribution is 5.85. The van der Waals surface area contributed by atoms with Gasteiger partial charge in [-0.25, -0.2) is 0 Å². The van der Waals surface area contributed by atoms with Gasteiger partial charge in [0.2, 0.25) is 0 Å². The third-order valence-electron chi connectivity index (χ3n) is 4.11. The van der Waals surface area contributed by atoms with Crippen molar-refractivity contribution < 1.29 is 0 Å². The molecular weight excluding hydrogens is 234 g/mol. The maximum absolute atomic E-state index is 4.69. The molecule has 0 amide bonds. The lowest BCUT2D eigenvalue weighted by Gasteiger charge is -2.13. The van der Waals surface area contributed by atoms with Crippen LogP contribution in [0.25, 0.3) is 0 Å². The predicted molar refractivity (Wildman–Crippen MR) is 83.6 cm³/mol. The number of nitrogens with one attached hydrogen (secondary N) is 1. The molecule has 0 atom stereocenters. The summed E-state index contributed by atoms with van der Waals surface area (Å²) in [4.78, 5) is 9.38. The molecule has 0 aliphatic heterocycles. The Balaban J connectivity index is 1.47. The van der Waals surface area contributed by atoms with Crippen LogP contribution in [0.15, 0.2) is 9.98 Å². The van der Waals surface area contributed by atoms with E-state index in [2.05, 4.69) is 15.3 Å². The lowest BCUT2D eigenvalue weighted by atomic mass is 9.98. The van der Waals surface area contributed by atoms with Crippen LogP contribution < -0.4 is 5.32 Å². The maximum atomic E-state index is 4.69. The molecule has 108 valence electrons. The van der Waals surface area contributed by atoms with Crippen LogP contribution in [0.2, 0.25) is 0 Å². The van der Waals surface area contributed by atoms with E-state index in [9.17, 15) is 0 Å². The highest BCUT2D eigenvalue weighted by atomic mass is 14.9. The van der Waals surface area contributed by atoms with Crippen LogP contribution in [0.1, 0.15) is 64.2 Å². The minimum absolute atomic E-state index is 0.950. The summed E-state index contributed by atoms with van der Waals surface area (Å²) in [6.07, 6.45) is 13.2. The molecule has 0 aromatic heterocycles. The molecule has 2 aliphatic carbocycles. The van der Waals surface area contributed by atoms with Crippen molar-refractivity contribution in [2.45, 2.75) is 64.2 Å². The fraction of sp³-hybridized carbons (Fsp3) is 0.875. The lowest BCUT2D eigenvalue weighted by molar-refractivity contribution is 0.649.